The number of hydrogen-bond donors (Lipinski definition) is 1. The molecule has 0 saturated carbocycles. The molecule has 22 heavy (non-hydrogen) atoms. The van der Waals surface area contributed by atoms with E-state index in [9.17, 15) is 0 Å². The molecule has 3 nitrogen and oxygen atoms in total. The van der Waals surface area contributed by atoms with Crippen molar-refractivity contribution in [2.45, 2.75) is 45.8 Å². The summed E-state index contributed by atoms with van der Waals surface area (Å²) in [5.41, 5.74) is 3.72. The zero-order valence-corrected chi connectivity index (χ0v) is 13.5. The minimum absolute atomic E-state index is 0.589. The highest BCUT2D eigenvalue weighted by atomic mass is 16.5. The van der Waals surface area contributed by atoms with Gasteiger partial charge < -0.3 is 14.6 Å². The Kier molecular flexibility index (Phi) is 4.82. The van der Waals surface area contributed by atoms with E-state index in [0.29, 0.717) is 6.04 Å². The number of fused-ring (bicyclic) bond motifs is 1. The van der Waals surface area contributed by atoms with Crippen molar-refractivity contribution in [3.8, 4) is 11.8 Å². The zero-order chi connectivity index (χ0) is 15.4. The van der Waals surface area contributed by atoms with Crippen molar-refractivity contribution >= 4 is 10.9 Å². The summed E-state index contributed by atoms with van der Waals surface area (Å²) < 4.78 is 7.68. The predicted molar refractivity (Wildman–Crippen MR) is 90.8 cm³/mol. The van der Waals surface area contributed by atoms with Gasteiger partial charge in [0.2, 0.25) is 0 Å². The van der Waals surface area contributed by atoms with E-state index in [-0.39, 0.29) is 0 Å². The fraction of sp³-hybridized carbons (Fsp3) is 0.474. The van der Waals surface area contributed by atoms with Crippen LogP contribution in [0.2, 0.25) is 0 Å². The summed E-state index contributed by atoms with van der Waals surface area (Å²) in [6.07, 6.45) is 2.23. The zero-order valence-electron chi connectivity index (χ0n) is 13.5. The lowest BCUT2D eigenvalue weighted by atomic mass is 10.1. The van der Waals surface area contributed by atoms with Crippen LogP contribution in [0.25, 0.3) is 10.9 Å². The highest BCUT2D eigenvalue weighted by molar-refractivity contribution is 5.83. The van der Waals surface area contributed by atoms with Gasteiger partial charge in [-0.3, -0.25) is 0 Å². The van der Waals surface area contributed by atoms with E-state index in [1.807, 2.05) is 6.92 Å². The van der Waals surface area contributed by atoms with Gasteiger partial charge in [0.05, 0.1) is 5.69 Å². The van der Waals surface area contributed by atoms with Crippen molar-refractivity contribution in [2.75, 3.05) is 13.2 Å². The van der Waals surface area contributed by atoms with Crippen LogP contribution >= 0.6 is 0 Å². The van der Waals surface area contributed by atoms with E-state index in [4.69, 9.17) is 4.74 Å². The summed E-state index contributed by atoms with van der Waals surface area (Å²) >= 11 is 0. The van der Waals surface area contributed by atoms with Gasteiger partial charge in [-0.05, 0) is 56.4 Å². The van der Waals surface area contributed by atoms with Gasteiger partial charge in [-0.2, -0.15) is 0 Å². The first-order valence-corrected chi connectivity index (χ1v) is 8.18. The van der Waals surface area contributed by atoms with Crippen LogP contribution in [0.3, 0.4) is 0 Å². The molecule has 3 heteroatoms. The van der Waals surface area contributed by atoms with Crippen LogP contribution in [0.4, 0.5) is 0 Å². The molecule has 0 aliphatic carbocycles. The average molecular weight is 296 g/mol. The maximum atomic E-state index is 5.41. The largest absolute Gasteiger partial charge is 0.381 e. The fourth-order valence-electron chi connectivity index (χ4n) is 3.17. The molecule has 0 amide bonds. The Morgan fingerprint density at radius 1 is 1.27 bits per heavy atom. The summed E-state index contributed by atoms with van der Waals surface area (Å²) in [6.45, 7) is 7.70. The quantitative estimate of drug-likeness (QED) is 0.876. The highest BCUT2D eigenvalue weighted by Crippen LogP contribution is 2.21. The van der Waals surface area contributed by atoms with Gasteiger partial charge in [0.25, 0.3) is 0 Å². The topological polar surface area (TPSA) is 26.2 Å². The third-order valence-electron chi connectivity index (χ3n) is 4.35. The number of aryl methyl sites for hydroxylation is 1. The Labute approximate surface area is 132 Å². The monoisotopic (exact) mass is 296 g/mol. The molecule has 3 rings (SSSR count). The van der Waals surface area contributed by atoms with Gasteiger partial charge in [0, 0.05) is 43.2 Å². The molecule has 0 bridgehead atoms. The summed E-state index contributed by atoms with van der Waals surface area (Å²) in [5, 5.41) is 4.93. The van der Waals surface area contributed by atoms with E-state index in [1.54, 1.807) is 0 Å². The maximum Gasteiger partial charge on any atom is 0.0930 e. The average Bonchev–Trinajstić information content (AvgIpc) is 2.90. The second-order valence-corrected chi connectivity index (χ2v) is 5.81. The lowest BCUT2D eigenvalue weighted by Crippen LogP contribution is -2.34. The summed E-state index contributed by atoms with van der Waals surface area (Å²) in [5.74, 6) is 6.21. The molecule has 1 N–H and O–H groups in total. The van der Waals surface area contributed by atoms with Crippen molar-refractivity contribution in [3.05, 3.63) is 35.5 Å². The van der Waals surface area contributed by atoms with Crippen molar-refractivity contribution in [1.82, 2.24) is 9.88 Å². The molecule has 116 valence electrons. The molecule has 1 aromatic heterocycles. The van der Waals surface area contributed by atoms with Crippen LogP contribution in [0.5, 0.6) is 0 Å². The molecule has 1 aromatic carbocycles. The molecule has 0 radical (unpaired) electrons. The summed E-state index contributed by atoms with van der Waals surface area (Å²) in [4.78, 5) is 0. The number of rotatable bonds is 4. The first-order valence-electron chi connectivity index (χ1n) is 8.18. The van der Waals surface area contributed by atoms with Crippen molar-refractivity contribution in [1.29, 1.82) is 0 Å². The van der Waals surface area contributed by atoms with Crippen molar-refractivity contribution < 1.29 is 4.74 Å². The van der Waals surface area contributed by atoms with Gasteiger partial charge in [0.15, 0.2) is 0 Å². The van der Waals surface area contributed by atoms with E-state index < -0.39 is 0 Å². The number of nitrogens with one attached hydrogen (secondary N) is 1. The molecule has 2 aromatic rings. The molecule has 0 spiro atoms. The second-order valence-electron chi connectivity index (χ2n) is 5.81. The molecule has 1 aliphatic rings. The van der Waals surface area contributed by atoms with Crippen LogP contribution in [-0.2, 0) is 17.8 Å². The van der Waals surface area contributed by atoms with Crippen molar-refractivity contribution in [2.24, 2.45) is 0 Å². The Hall–Kier alpha value is -1.76. The molecular weight excluding hydrogens is 272 g/mol. The molecule has 2 heterocycles. The summed E-state index contributed by atoms with van der Waals surface area (Å²) in [7, 11) is 0. The lowest BCUT2D eigenvalue weighted by Gasteiger charge is -2.23. The van der Waals surface area contributed by atoms with Crippen LogP contribution in [0.1, 0.15) is 37.9 Å². The molecule has 1 saturated heterocycles. The minimum atomic E-state index is 0.589. The Balaban J connectivity index is 1.78. The summed E-state index contributed by atoms with van der Waals surface area (Å²) in [6, 6.07) is 9.53. The Morgan fingerprint density at radius 3 is 2.82 bits per heavy atom. The normalized spacial score (nSPS) is 15.7. The van der Waals surface area contributed by atoms with E-state index in [1.165, 1.54) is 16.5 Å². The van der Waals surface area contributed by atoms with E-state index in [2.05, 4.69) is 52.9 Å². The SMILES string of the molecule is CC#Cc1cc2cc(CNC3CCOCC3)ccc2n1CC. The lowest BCUT2D eigenvalue weighted by molar-refractivity contribution is 0.0776. The number of ether oxygens (including phenoxy) is 1. The predicted octanol–water partition coefficient (Wildman–Crippen LogP) is 3.30. The van der Waals surface area contributed by atoms with Crippen LogP contribution in [0.15, 0.2) is 24.3 Å². The van der Waals surface area contributed by atoms with Gasteiger partial charge in [0.1, 0.15) is 0 Å². The standard InChI is InChI=1S/C19H24N2O/c1-3-5-18-13-16-12-15(6-7-19(16)21(18)4-2)14-20-17-8-10-22-11-9-17/h6-7,12-13,17,20H,4,8-11,14H2,1-2H3. The Bertz CT molecular complexity index is 699. The smallest absolute Gasteiger partial charge is 0.0930 e. The van der Waals surface area contributed by atoms with Gasteiger partial charge >= 0.3 is 0 Å². The molecular formula is C19H24N2O. The molecule has 0 unspecified atom stereocenters. The molecule has 0 atom stereocenters. The van der Waals surface area contributed by atoms with Crippen LogP contribution in [0, 0.1) is 11.8 Å². The van der Waals surface area contributed by atoms with Crippen LogP contribution in [-0.4, -0.2) is 23.8 Å². The van der Waals surface area contributed by atoms with E-state index >= 15 is 0 Å². The van der Waals surface area contributed by atoms with E-state index in [0.717, 1.165) is 44.8 Å². The number of benzene rings is 1. The fourth-order valence-corrected chi connectivity index (χ4v) is 3.17. The third-order valence-corrected chi connectivity index (χ3v) is 4.35. The molecule has 1 fully saturated rings. The first-order chi connectivity index (χ1) is 10.8. The second kappa shape index (κ2) is 7.00. The molecule has 1 aliphatic heterocycles. The minimum Gasteiger partial charge on any atom is -0.381 e. The Morgan fingerprint density at radius 2 is 2.09 bits per heavy atom. The van der Waals surface area contributed by atoms with Crippen LogP contribution < -0.4 is 5.32 Å². The number of nitrogens with zero attached hydrogens (tertiary/aromatic N) is 1. The number of aromatic nitrogens is 1. The van der Waals surface area contributed by atoms with Gasteiger partial charge in [-0.15, -0.1) is 0 Å². The number of hydrogen-bond acceptors (Lipinski definition) is 2. The maximum absolute atomic E-state index is 5.41. The first kappa shape index (κ1) is 15.1. The van der Waals surface area contributed by atoms with Gasteiger partial charge in [-0.1, -0.05) is 12.0 Å². The van der Waals surface area contributed by atoms with Gasteiger partial charge in [-0.25, -0.2) is 0 Å². The highest BCUT2D eigenvalue weighted by Gasteiger charge is 2.13. The third kappa shape index (κ3) is 3.19. The van der Waals surface area contributed by atoms with Crippen molar-refractivity contribution in [3.63, 3.8) is 0 Å².